The largest absolute Gasteiger partial charge is 0.329 e. The van der Waals surface area contributed by atoms with Crippen molar-refractivity contribution in [3.63, 3.8) is 0 Å². The molecule has 162 valence electrons. The predicted octanol–water partition coefficient (Wildman–Crippen LogP) is 3.78. The molecule has 4 aromatic heterocycles. The van der Waals surface area contributed by atoms with Crippen molar-refractivity contribution >= 4 is 34.0 Å². The summed E-state index contributed by atoms with van der Waals surface area (Å²) in [4.78, 5) is 37.7. The third kappa shape index (κ3) is 3.85. The Kier molecular flexibility index (Phi) is 5.15. The van der Waals surface area contributed by atoms with E-state index < -0.39 is 0 Å². The number of halogens is 1. The van der Waals surface area contributed by atoms with Crippen molar-refractivity contribution in [3.8, 4) is 16.9 Å². The van der Waals surface area contributed by atoms with Crippen LogP contribution in [0.25, 0.3) is 27.7 Å². The van der Waals surface area contributed by atoms with E-state index in [0.29, 0.717) is 22.5 Å². The van der Waals surface area contributed by atoms with E-state index in [0.717, 1.165) is 22.2 Å². The molecule has 9 nitrogen and oxygen atoms in total. The van der Waals surface area contributed by atoms with Gasteiger partial charge in [0.1, 0.15) is 0 Å². The van der Waals surface area contributed by atoms with Gasteiger partial charge in [0.05, 0.1) is 34.9 Å². The minimum atomic E-state index is -0.371. The number of benzene rings is 1. The van der Waals surface area contributed by atoms with E-state index in [-0.39, 0.29) is 16.5 Å². The van der Waals surface area contributed by atoms with Gasteiger partial charge in [-0.3, -0.25) is 14.6 Å². The maximum Gasteiger partial charge on any atom is 0.257 e. The van der Waals surface area contributed by atoms with Gasteiger partial charge in [0.25, 0.3) is 11.5 Å². The quantitative estimate of drug-likeness (QED) is 0.424. The minimum absolute atomic E-state index is 0.174. The third-order valence-corrected chi connectivity index (χ3v) is 5.42. The highest BCUT2D eigenvalue weighted by molar-refractivity contribution is 6.32. The lowest BCUT2D eigenvalue weighted by atomic mass is 9.97. The summed E-state index contributed by atoms with van der Waals surface area (Å²) in [5.74, 6) is -0.0189. The number of aromatic nitrogens is 6. The molecule has 0 spiro atoms. The van der Waals surface area contributed by atoms with Gasteiger partial charge in [0, 0.05) is 29.0 Å². The predicted molar refractivity (Wildman–Crippen MR) is 125 cm³/mol. The summed E-state index contributed by atoms with van der Waals surface area (Å²) in [7, 11) is 0. The number of pyridine rings is 3. The molecule has 0 fully saturated rings. The molecule has 0 unspecified atom stereocenters. The number of aromatic amines is 1. The molecule has 0 saturated carbocycles. The van der Waals surface area contributed by atoms with E-state index in [4.69, 9.17) is 11.6 Å². The standard InChI is InChI=1S/C23H16ClN7O2/c1-13-19(16-3-2-4-18-17(16)5-6-25-23(18)33)9-14(11-26-13)22(32)30-15-10-20(24)21(27-12-15)31-28-7-8-29-31/h2-12H,1H3,(H,25,33)(H,30,32). The molecule has 0 saturated heterocycles. The highest BCUT2D eigenvalue weighted by Crippen LogP contribution is 2.30. The van der Waals surface area contributed by atoms with Crippen LogP contribution in [0.15, 0.2) is 72.2 Å². The number of fused-ring (bicyclic) bond motifs is 1. The van der Waals surface area contributed by atoms with Gasteiger partial charge in [-0.2, -0.15) is 10.2 Å². The van der Waals surface area contributed by atoms with Crippen molar-refractivity contribution in [1.82, 2.24) is 29.9 Å². The number of amides is 1. The smallest absolute Gasteiger partial charge is 0.257 e. The van der Waals surface area contributed by atoms with Crippen molar-refractivity contribution in [3.05, 3.63) is 94.0 Å². The number of nitrogens with zero attached hydrogens (tertiary/aromatic N) is 5. The van der Waals surface area contributed by atoms with Gasteiger partial charge in [-0.15, -0.1) is 4.80 Å². The van der Waals surface area contributed by atoms with E-state index in [2.05, 4.69) is 30.5 Å². The highest BCUT2D eigenvalue weighted by Gasteiger charge is 2.15. The zero-order valence-electron chi connectivity index (χ0n) is 17.3. The summed E-state index contributed by atoms with van der Waals surface area (Å²) in [6.45, 7) is 1.86. The molecular weight excluding hydrogens is 442 g/mol. The van der Waals surface area contributed by atoms with Crippen molar-refractivity contribution < 1.29 is 4.79 Å². The van der Waals surface area contributed by atoms with Gasteiger partial charge in [-0.05, 0) is 42.1 Å². The number of anilines is 1. The Hall–Kier alpha value is -4.37. The van der Waals surface area contributed by atoms with Crippen LogP contribution in [-0.2, 0) is 0 Å². The molecule has 1 amide bonds. The molecule has 0 aliphatic rings. The summed E-state index contributed by atoms with van der Waals surface area (Å²) < 4.78 is 0. The van der Waals surface area contributed by atoms with E-state index in [1.807, 2.05) is 25.1 Å². The highest BCUT2D eigenvalue weighted by atomic mass is 35.5. The summed E-state index contributed by atoms with van der Waals surface area (Å²) in [5.41, 5.74) is 2.91. The first-order valence-corrected chi connectivity index (χ1v) is 10.3. The number of H-pyrrole nitrogens is 1. The molecule has 0 aliphatic heterocycles. The normalized spacial score (nSPS) is 11.0. The number of carbonyl (C=O) groups excluding carboxylic acids is 1. The van der Waals surface area contributed by atoms with Crippen LogP contribution < -0.4 is 10.9 Å². The zero-order chi connectivity index (χ0) is 22.9. The van der Waals surface area contributed by atoms with Crippen molar-refractivity contribution in [2.24, 2.45) is 0 Å². The fourth-order valence-electron chi connectivity index (χ4n) is 3.56. The lowest BCUT2D eigenvalue weighted by Crippen LogP contribution is -2.13. The Morgan fingerprint density at radius 3 is 2.64 bits per heavy atom. The lowest BCUT2D eigenvalue weighted by molar-refractivity contribution is 0.102. The molecular formula is C23H16ClN7O2. The van der Waals surface area contributed by atoms with Gasteiger partial charge < -0.3 is 10.3 Å². The number of aryl methyl sites for hydroxylation is 1. The summed E-state index contributed by atoms with van der Waals surface area (Å²) in [6.07, 6.45) is 7.61. The van der Waals surface area contributed by atoms with Gasteiger partial charge in [-0.1, -0.05) is 23.7 Å². The third-order valence-electron chi connectivity index (χ3n) is 5.14. The second-order valence-electron chi connectivity index (χ2n) is 7.23. The van der Waals surface area contributed by atoms with E-state index >= 15 is 0 Å². The van der Waals surface area contributed by atoms with Gasteiger partial charge in [-0.25, -0.2) is 4.98 Å². The summed E-state index contributed by atoms with van der Waals surface area (Å²) in [6, 6.07) is 10.6. The number of carbonyl (C=O) groups is 1. The maximum absolute atomic E-state index is 12.9. The van der Waals surface area contributed by atoms with Crippen LogP contribution in [0.5, 0.6) is 0 Å². The lowest BCUT2D eigenvalue weighted by Gasteiger charge is -2.12. The Morgan fingerprint density at radius 2 is 1.85 bits per heavy atom. The Balaban J connectivity index is 1.48. The van der Waals surface area contributed by atoms with Gasteiger partial charge >= 0.3 is 0 Å². The van der Waals surface area contributed by atoms with Crippen LogP contribution >= 0.6 is 11.6 Å². The number of nitrogens with one attached hydrogen (secondary N) is 2. The first kappa shape index (κ1) is 20.5. The van der Waals surface area contributed by atoms with Crippen LogP contribution in [0, 0.1) is 6.92 Å². The molecule has 10 heteroatoms. The molecule has 5 aromatic rings. The number of hydrogen-bond acceptors (Lipinski definition) is 6. The monoisotopic (exact) mass is 457 g/mol. The Morgan fingerprint density at radius 1 is 1.03 bits per heavy atom. The molecule has 4 heterocycles. The molecule has 5 rings (SSSR count). The molecule has 0 aliphatic carbocycles. The number of hydrogen-bond donors (Lipinski definition) is 2. The first-order valence-electron chi connectivity index (χ1n) is 9.92. The molecule has 1 aromatic carbocycles. The van der Waals surface area contributed by atoms with Crippen LogP contribution in [0.1, 0.15) is 16.1 Å². The summed E-state index contributed by atoms with van der Waals surface area (Å²) >= 11 is 6.29. The van der Waals surface area contributed by atoms with Crippen molar-refractivity contribution in [1.29, 1.82) is 0 Å². The van der Waals surface area contributed by atoms with Gasteiger partial charge in [0.15, 0.2) is 5.82 Å². The average molecular weight is 458 g/mol. The van der Waals surface area contributed by atoms with Crippen LogP contribution in [0.3, 0.4) is 0 Å². The van der Waals surface area contributed by atoms with Crippen molar-refractivity contribution in [2.75, 3.05) is 5.32 Å². The summed E-state index contributed by atoms with van der Waals surface area (Å²) in [5, 5.41) is 12.4. The van der Waals surface area contributed by atoms with Gasteiger partial charge in [0.2, 0.25) is 0 Å². The van der Waals surface area contributed by atoms with Crippen molar-refractivity contribution in [2.45, 2.75) is 6.92 Å². The number of rotatable bonds is 4. The second kappa shape index (κ2) is 8.29. The Labute approximate surface area is 192 Å². The fourth-order valence-corrected chi connectivity index (χ4v) is 3.80. The fraction of sp³-hybridized carbons (Fsp3) is 0.0435. The van der Waals surface area contributed by atoms with Crippen LogP contribution in [0.2, 0.25) is 5.02 Å². The van der Waals surface area contributed by atoms with E-state index in [1.54, 1.807) is 24.4 Å². The topological polar surface area (TPSA) is 118 Å². The Bertz CT molecular complexity index is 1560. The molecule has 33 heavy (non-hydrogen) atoms. The molecule has 0 atom stereocenters. The average Bonchev–Trinajstić information content (AvgIpc) is 3.34. The van der Waals surface area contributed by atoms with Crippen LogP contribution in [0.4, 0.5) is 5.69 Å². The second-order valence-corrected chi connectivity index (χ2v) is 7.64. The van der Waals surface area contributed by atoms with E-state index in [1.165, 1.54) is 29.6 Å². The first-order chi connectivity index (χ1) is 16.0. The zero-order valence-corrected chi connectivity index (χ0v) is 18.0. The molecule has 0 bridgehead atoms. The molecule has 2 N–H and O–H groups in total. The molecule has 0 radical (unpaired) electrons. The maximum atomic E-state index is 12.9. The minimum Gasteiger partial charge on any atom is -0.329 e. The van der Waals surface area contributed by atoms with E-state index in [9.17, 15) is 9.59 Å². The van der Waals surface area contributed by atoms with Crippen LogP contribution in [-0.4, -0.2) is 35.9 Å². The SMILES string of the molecule is Cc1ncc(C(=O)Nc2cnc(-n3nccn3)c(Cl)c2)cc1-c1cccc2c(=O)[nH]ccc12.